The fourth-order valence-electron chi connectivity index (χ4n) is 1.78. The molecule has 1 saturated heterocycles. The van der Waals surface area contributed by atoms with E-state index >= 15 is 0 Å². The van der Waals surface area contributed by atoms with Crippen molar-refractivity contribution in [3.05, 3.63) is 0 Å². The van der Waals surface area contributed by atoms with Gasteiger partial charge in [-0.1, -0.05) is 11.8 Å². The summed E-state index contributed by atoms with van der Waals surface area (Å²) in [7, 11) is 0. The second-order valence-electron chi connectivity index (χ2n) is 3.79. The van der Waals surface area contributed by atoms with Gasteiger partial charge in [0.25, 0.3) is 0 Å². The van der Waals surface area contributed by atoms with E-state index in [0.29, 0.717) is 6.04 Å². The van der Waals surface area contributed by atoms with Gasteiger partial charge in [0.15, 0.2) is 0 Å². The number of nitrogens with zero attached hydrogens (tertiary/aromatic N) is 4. The number of ether oxygens (including phenoxy) is 2. The third-order valence-corrected chi connectivity index (χ3v) is 3.56. The van der Waals surface area contributed by atoms with Gasteiger partial charge in [0, 0.05) is 25.6 Å². The molecule has 0 atom stereocenters. The van der Waals surface area contributed by atoms with Crippen LogP contribution in [0.5, 0.6) is 0 Å². The minimum atomic E-state index is 0.383. The van der Waals surface area contributed by atoms with Crippen LogP contribution in [0.15, 0.2) is 5.16 Å². The van der Waals surface area contributed by atoms with E-state index in [4.69, 9.17) is 9.47 Å². The standard InChI is InChI=1S/C10H18N4O2S/c1-2-15-7-8-17-10-11-12-13-14(10)9-3-5-16-6-4-9/h9H,2-8H2,1H3. The lowest BCUT2D eigenvalue weighted by atomic mass is 10.1. The lowest BCUT2D eigenvalue weighted by Gasteiger charge is -2.22. The van der Waals surface area contributed by atoms with Crippen LogP contribution in [0.4, 0.5) is 0 Å². The van der Waals surface area contributed by atoms with Gasteiger partial charge in [0.05, 0.1) is 12.6 Å². The van der Waals surface area contributed by atoms with E-state index in [1.54, 1.807) is 11.8 Å². The Labute approximate surface area is 105 Å². The van der Waals surface area contributed by atoms with Gasteiger partial charge in [-0.05, 0) is 30.2 Å². The average molecular weight is 258 g/mol. The summed E-state index contributed by atoms with van der Waals surface area (Å²) in [5.41, 5.74) is 0. The predicted molar refractivity (Wildman–Crippen MR) is 64.1 cm³/mol. The zero-order valence-corrected chi connectivity index (χ0v) is 10.9. The van der Waals surface area contributed by atoms with Crippen LogP contribution in [0.25, 0.3) is 0 Å². The van der Waals surface area contributed by atoms with Crippen molar-refractivity contribution < 1.29 is 9.47 Å². The fraction of sp³-hybridized carbons (Fsp3) is 0.900. The van der Waals surface area contributed by atoms with Crippen molar-refractivity contribution in [2.24, 2.45) is 0 Å². The van der Waals surface area contributed by atoms with E-state index in [9.17, 15) is 0 Å². The maximum Gasteiger partial charge on any atom is 0.209 e. The van der Waals surface area contributed by atoms with E-state index in [2.05, 4.69) is 15.5 Å². The molecule has 0 saturated carbocycles. The lowest BCUT2D eigenvalue weighted by Crippen LogP contribution is -2.21. The van der Waals surface area contributed by atoms with Crippen LogP contribution >= 0.6 is 11.8 Å². The summed E-state index contributed by atoms with van der Waals surface area (Å²) in [4.78, 5) is 0. The Hall–Kier alpha value is -0.660. The van der Waals surface area contributed by atoms with Crippen LogP contribution in [0.3, 0.4) is 0 Å². The van der Waals surface area contributed by atoms with E-state index in [0.717, 1.165) is 50.2 Å². The minimum absolute atomic E-state index is 0.383. The molecule has 96 valence electrons. The zero-order valence-electron chi connectivity index (χ0n) is 10.0. The summed E-state index contributed by atoms with van der Waals surface area (Å²) < 4.78 is 12.6. The van der Waals surface area contributed by atoms with Gasteiger partial charge in [-0.3, -0.25) is 0 Å². The van der Waals surface area contributed by atoms with Gasteiger partial charge < -0.3 is 9.47 Å². The summed E-state index contributed by atoms with van der Waals surface area (Å²) >= 11 is 1.65. The van der Waals surface area contributed by atoms with Gasteiger partial charge >= 0.3 is 0 Å². The van der Waals surface area contributed by atoms with Gasteiger partial charge in [-0.25, -0.2) is 4.68 Å². The number of aromatic nitrogens is 4. The molecule has 0 aliphatic carbocycles. The quantitative estimate of drug-likeness (QED) is 0.563. The molecular formula is C10H18N4O2S. The molecule has 0 amide bonds. The van der Waals surface area contributed by atoms with Crippen molar-refractivity contribution in [1.82, 2.24) is 20.2 Å². The Kier molecular flexibility index (Phi) is 5.21. The van der Waals surface area contributed by atoms with E-state index in [1.165, 1.54) is 0 Å². The highest BCUT2D eigenvalue weighted by Gasteiger charge is 2.20. The third kappa shape index (κ3) is 3.65. The third-order valence-electron chi connectivity index (χ3n) is 2.66. The summed E-state index contributed by atoms with van der Waals surface area (Å²) in [6.07, 6.45) is 1.98. The smallest absolute Gasteiger partial charge is 0.209 e. The molecule has 1 fully saturated rings. The van der Waals surface area contributed by atoms with Crippen LogP contribution in [0, 0.1) is 0 Å². The van der Waals surface area contributed by atoms with Gasteiger partial charge in [0.1, 0.15) is 0 Å². The summed E-state index contributed by atoms with van der Waals surface area (Å²) in [5, 5.41) is 12.8. The second kappa shape index (κ2) is 6.93. The molecule has 0 N–H and O–H groups in total. The molecule has 0 bridgehead atoms. The largest absolute Gasteiger partial charge is 0.381 e. The number of rotatable bonds is 6. The summed E-state index contributed by atoms with van der Waals surface area (Å²) in [6, 6.07) is 0.383. The average Bonchev–Trinajstić information content (AvgIpc) is 2.84. The van der Waals surface area contributed by atoms with Gasteiger partial charge in [-0.15, -0.1) is 5.10 Å². The summed E-state index contributed by atoms with van der Waals surface area (Å²) in [6.45, 7) is 5.09. The molecule has 1 aliphatic rings. The Bertz CT molecular complexity index is 328. The molecule has 0 unspecified atom stereocenters. The highest BCUT2D eigenvalue weighted by Crippen LogP contribution is 2.24. The van der Waals surface area contributed by atoms with E-state index in [-0.39, 0.29) is 0 Å². The first-order chi connectivity index (χ1) is 8.42. The topological polar surface area (TPSA) is 62.1 Å². The van der Waals surface area contributed by atoms with Crippen molar-refractivity contribution in [2.45, 2.75) is 31.0 Å². The van der Waals surface area contributed by atoms with Crippen molar-refractivity contribution in [2.75, 3.05) is 32.2 Å². The number of thioether (sulfide) groups is 1. The maximum absolute atomic E-state index is 5.34. The number of hydrogen-bond donors (Lipinski definition) is 0. The molecule has 7 heteroatoms. The normalized spacial score (nSPS) is 17.5. The molecule has 1 aromatic heterocycles. The first-order valence-corrected chi connectivity index (χ1v) is 6.96. The highest BCUT2D eigenvalue weighted by atomic mass is 32.2. The van der Waals surface area contributed by atoms with Crippen LogP contribution in [-0.2, 0) is 9.47 Å². The Morgan fingerprint density at radius 2 is 2.29 bits per heavy atom. The first-order valence-electron chi connectivity index (χ1n) is 5.98. The van der Waals surface area contributed by atoms with Crippen molar-refractivity contribution in [3.63, 3.8) is 0 Å². The second-order valence-corrected chi connectivity index (χ2v) is 4.86. The van der Waals surface area contributed by atoms with E-state index in [1.807, 2.05) is 11.6 Å². The van der Waals surface area contributed by atoms with Crippen LogP contribution in [-0.4, -0.2) is 52.4 Å². The molecule has 0 aromatic carbocycles. The molecule has 1 aliphatic heterocycles. The van der Waals surface area contributed by atoms with Gasteiger partial charge in [-0.2, -0.15) is 0 Å². The minimum Gasteiger partial charge on any atom is -0.381 e. The monoisotopic (exact) mass is 258 g/mol. The highest BCUT2D eigenvalue weighted by molar-refractivity contribution is 7.99. The number of tetrazole rings is 1. The molecule has 17 heavy (non-hydrogen) atoms. The molecule has 6 nitrogen and oxygen atoms in total. The van der Waals surface area contributed by atoms with Crippen LogP contribution in [0.1, 0.15) is 25.8 Å². The van der Waals surface area contributed by atoms with Crippen LogP contribution in [0.2, 0.25) is 0 Å². The molecule has 2 heterocycles. The zero-order chi connectivity index (χ0) is 11.9. The van der Waals surface area contributed by atoms with Crippen LogP contribution < -0.4 is 0 Å². The fourth-order valence-corrected chi connectivity index (χ4v) is 2.57. The molecular weight excluding hydrogens is 240 g/mol. The lowest BCUT2D eigenvalue weighted by molar-refractivity contribution is 0.0631. The summed E-state index contributed by atoms with van der Waals surface area (Å²) in [5.74, 6) is 0.886. The molecule has 2 rings (SSSR count). The SMILES string of the molecule is CCOCCSc1nnnn1C1CCOCC1. The van der Waals surface area contributed by atoms with Crippen molar-refractivity contribution >= 4 is 11.8 Å². The Morgan fingerprint density at radius 1 is 1.47 bits per heavy atom. The molecule has 1 aromatic rings. The first kappa shape index (κ1) is 12.8. The maximum atomic E-state index is 5.34. The van der Waals surface area contributed by atoms with Gasteiger partial charge in [0.2, 0.25) is 5.16 Å². The number of hydrogen-bond acceptors (Lipinski definition) is 6. The Morgan fingerprint density at radius 3 is 3.06 bits per heavy atom. The molecule has 0 radical (unpaired) electrons. The Balaban J connectivity index is 1.87. The molecule has 0 spiro atoms. The van der Waals surface area contributed by atoms with E-state index < -0.39 is 0 Å². The van der Waals surface area contributed by atoms with Crippen molar-refractivity contribution in [3.8, 4) is 0 Å². The van der Waals surface area contributed by atoms with Crippen molar-refractivity contribution in [1.29, 1.82) is 0 Å². The predicted octanol–water partition coefficient (Wildman–Crippen LogP) is 1.15.